The zero-order chi connectivity index (χ0) is 50.1. The average Bonchev–Trinajstić information content (AvgIpc) is 3.36. The summed E-state index contributed by atoms with van der Waals surface area (Å²) in [6, 6.07) is 10.4. The van der Waals surface area contributed by atoms with Crippen LogP contribution in [0.25, 0.3) is 6.08 Å². The van der Waals surface area contributed by atoms with Crippen LogP contribution in [0.4, 0.5) is 10.5 Å². The molecule has 0 spiro atoms. The van der Waals surface area contributed by atoms with Crippen LogP contribution in [0.15, 0.2) is 78.0 Å². The summed E-state index contributed by atoms with van der Waals surface area (Å²) in [5, 5.41) is 48.4. The Morgan fingerprint density at radius 3 is 2.29 bits per heavy atom. The van der Waals surface area contributed by atoms with Crippen molar-refractivity contribution in [1.82, 2.24) is 10.2 Å². The summed E-state index contributed by atoms with van der Waals surface area (Å²) in [7, 11) is 1.48. The van der Waals surface area contributed by atoms with Gasteiger partial charge in [-0.05, 0) is 91.5 Å². The molecule has 70 heavy (non-hydrogen) atoms. The van der Waals surface area contributed by atoms with Gasteiger partial charge in [0.15, 0.2) is 0 Å². The zero-order valence-electron chi connectivity index (χ0n) is 41.5. The van der Waals surface area contributed by atoms with Crippen molar-refractivity contribution in [3.05, 3.63) is 94.1 Å². The first-order valence-corrected chi connectivity index (χ1v) is 25.6. The summed E-state index contributed by atoms with van der Waals surface area (Å²) in [5.74, 6) is -2.16. The van der Waals surface area contributed by atoms with Crippen LogP contribution in [0.2, 0.25) is 0 Å². The fraction of sp³-hybridized carbons (Fsp3) is 0.611. The Kier molecular flexibility index (Phi) is 23.8. The fourth-order valence-electron chi connectivity index (χ4n) is 10.5. The molecule has 16 heteroatoms. The van der Waals surface area contributed by atoms with Crippen LogP contribution in [-0.4, -0.2) is 115 Å². The third kappa shape index (κ3) is 15.4. The number of rotatable bonds is 33. The number of benzene rings is 2. The molecule has 2 aliphatic carbocycles. The smallest absolute Gasteiger partial charge is 0.412 e. The van der Waals surface area contributed by atoms with E-state index in [1.54, 1.807) is 41.3 Å². The molecule has 0 bridgehead atoms. The van der Waals surface area contributed by atoms with Gasteiger partial charge in [-0.3, -0.25) is 14.9 Å². The second-order valence-corrected chi connectivity index (χ2v) is 18.5. The number of ether oxygens (including phenoxy) is 4. The van der Waals surface area contributed by atoms with E-state index in [-0.39, 0.29) is 76.0 Å². The Morgan fingerprint density at radius 2 is 1.63 bits per heavy atom. The van der Waals surface area contributed by atoms with E-state index >= 15 is 0 Å². The first-order chi connectivity index (χ1) is 34.2. The van der Waals surface area contributed by atoms with Crippen molar-refractivity contribution < 1.29 is 53.6 Å². The number of hydrogen-bond acceptors (Lipinski definition) is 13. The van der Waals surface area contributed by atoms with Gasteiger partial charge in [0.1, 0.15) is 24.7 Å². The molecule has 0 saturated heterocycles. The van der Waals surface area contributed by atoms with Crippen LogP contribution in [0.5, 0.6) is 11.5 Å². The molecule has 2 amide bonds. The molecule has 6 unspecified atom stereocenters. The lowest BCUT2D eigenvalue weighted by atomic mass is 9.55. The van der Waals surface area contributed by atoms with Crippen molar-refractivity contribution in [2.24, 2.45) is 22.9 Å². The standard InChI is InChI=1S/C54H78N4O12/c1-4-6-7-8-9-10-11-12-13-16-29-55-53(63)69-43-26-27-48-46(38-43)51-44(20-15-18-32-60)41(19-14-17-31-59)37-45-47(56-66-3)39-49(54(70-48,52(45)51)68-34-5-2)57(30-35-67-36-33-61)50(62)28-23-40-21-24-42(25-22-40)58(64)65/h5,21-28,37-38,41,44,49,51-52,59-61H,2,4,6-20,29-36,39H2,1,3H3,(H,55,63). The number of nitrogens with zero attached hydrogens (tertiary/aromatic N) is 3. The first-order valence-electron chi connectivity index (χ1n) is 25.6. The van der Waals surface area contributed by atoms with Gasteiger partial charge in [-0.1, -0.05) is 94.9 Å². The molecule has 1 aliphatic heterocycles. The molecule has 386 valence electrons. The molecular weight excluding hydrogens is 897 g/mol. The Bertz CT molecular complexity index is 2040. The minimum atomic E-state index is -1.56. The Hall–Kier alpha value is -5.13. The highest BCUT2D eigenvalue weighted by atomic mass is 16.7. The maximum Gasteiger partial charge on any atom is 0.412 e. The minimum absolute atomic E-state index is 0.00803. The monoisotopic (exact) mass is 975 g/mol. The van der Waals surface area contributed by atoms with Gasteiger partial charge in [0, 0.05) is 62.4 Å². The minimum Gasteiger partial charge on any atom is -0.459 e. The van der Waals surface area contributed by atoms with Gasteiger partial charge in [-0.15, -0.1) is 6.58 Å². The maximum absolute atomic E-state index is 14.8. The van der Waals surface area contributed by atoms with Gasteiger partial charge in [-0.25, -0.2) is 4.79 Å². The second-order valence-electron chi connectivity index (χ2n) is 18.5. The summed E-state index contributed by atoms with van der Waals surface area (Å²) >= 11 is 0. The quantitative estimate of drug-likeness (QED) is 0.0173. The number of fused-ring (bicyclic) bond motifs is 2. The lowest BCUT2D eigenvalue weighted by Gasteiger charge is -2.60. The number of amides is 2. The first kappa shape index (κ1) is 55.8. The number of aliphatic hydroxyl groups is 3. The molecule has 3 aliphatic rings. The number of allylic oxidation sites excluding steroid dienone is 1. The van der Waals surface area contributed by atoms with Crippen molar-refractivity contribution in [2.45, 2.75) is 134 Å². The molecule has 16 nitrogen and oxygen atoms in total. The van der Waals surface area contributed by atoms with E-state index in [2.05, 4.69) is 30.1 Å². The summed E-state index contributed by atoms with van der Waals surface area (Å²) in [6.45, 7) is 6.83. The molecule has 6 atom stereocenters. The fourth-order valence-corrected chi connectivity index (χ4v) is 10.5. The Morgan fingerprint density at radius 1 is 0.929 bits per heavy atom. The maximum atomic E-state index is 14.8. The third-order valence-electron chi connectivity index (χ3n) is 13.8. The normalized spacial score (nSPS) is 21.9. The van der Waals surface area contributed by atoms with Crippen LogP contribution >= 0.6 is 0 Å². The topological polar surface area (TPSA) is 212 Å². The Labute approximate surface area is 414 Å². The number of carbonyl (C=O) groups excluding carboxylic acids is 2. The van der Waals surface area contributed by atoms with E-state index in [0.29, 0.717) is 48.6 Å². The van der Waals surface area contributed by atoms with Crippen LogP contribution in [0, 0.1) is 27.9 Å². The molecule has 2 aromatic carbocycles. The highest BCUT2D eigenvalue weighted by Crippen LogP contribution is 2.62. The third-order valence-corrected chi connectivity index (χ3v) is 13.8. The van der Waals surface area contributed by atoms with Crippen LogP contribution in [-0.2, 0) is 19.1 Å². The second kappa shape index (κ2) is 29.9. The molecule has 4 N–H and O–H groups in total. The number of hydrogen-bond donors (Lipinski definition) is 4. The number of carbonyl (C=O) groups is 2. The van der Waals surface area contributed by atoms with Crippen LogP contribution < -0.4 is 14.8 Å². The van der Waals surface area contributed by atoms with Crippen LogP contribution in [0.3, 0.4) is 0 Å². The zero-order valence-corrected chi connectivity index (χ0v) is 41.5. The van der Waals surface area contributed by atoms with E-state index in [9.17, 15) is 35.0 Å². The van der Waals surface area contributed by atoms with Crippen molar-refractivity contribution in [2.75, 3.05) is 59.8 Å². The number of unbranched alkanes of at least 4 members (excludes halogenated alkanes) is 11. The summed E-state index contributed by atoms with van der Waals surface area (Å²) < 4.78 is 26.0. The van der Waals surface area contributed by atoms with Gasteiger partial charge < -0.3 is 49.3 Å². The number of nitrogens with one attached hydrogen (secondary N) is 1. The molecule has 1 saturated carbocycles. The molecule has 1 fully saturated rings. The van der Waals surface area contributed by atoms with E-state index in [1.807, 2.05) is 6.07 Å². The predicted molar refractivity (Wildman–Crippen MR) is 270 cm³/mol. The summed E-state index contributed by atoms with van der Waals surface area (Å²) in [4.78, 5) is 46.2. The van der Waals surface area contributed by atoms with Gasteiger partial charge in [0.05, 0.1) is 43.0 Å². The van der Waals surface area contributed by atoms with Gasteiger partial charge in [0.25, 0.3) is 5.69 Å². The van der Waals surface area contributed by atoms with Crippen LogP contribution in [0.1, 0.15) is 133 Å². The molecule has 0 radical (unpaired) electrons. The number of aliphatic hydroxyl groups excluding tert-OH is 3. The molecule has 0 aromatic heterocycles. The highest BCUT2D eigenvalue weighted by Gasteiger charge is 2.65. The number of non-ortho nitro benzene ring substituents is 1. The van der Waals surface area contributed by atoms with E-state index < -0.39 is 34.7 Å². The lowest BCUT2D eigenvalue weighted by molar-refractivity contribution is -0.384. The molecule has 1 heterocycles. The predicted octanol–water partition coefficient (Wildman–Crippen LogP) is 9.42. The number of nitro benzene ring substituents is 1. The van der Waals surface area contributed by atoms with Crippen molar-refractivity contribution in [3.63, 3.8) is 0 Å². The van der Waals surface area contributed by atoms with Gasteiger partial charge in [-0.2, -0.15) is 0 Å². The summed E-state index contributed by atoms with van der Waals surface area (Å²) in [5.41, 5.74) is 2.74. The van der Waals surface area contributed by atoms with Crippen molar-refractivity contribution >= 4 is 29.5 Å². The van der Waals surface area contributed by atoms with E-state index in [1.165, 1.54) is 70.3 Å². The molecule has 5 rings (SSSR count). The summed E-state index contributed by atoms with van der Waals surface area (Å²) in [6.07, 6.45) is 22.5. The SMILES string of the molecule is C=CCOC12Oc3ccc(OC(=O)NCCCCCCCCCCCC)cc3C3C(CCCCO)C(CCCCO)C=C(C(=NOC)CC1N(CCOCCO)C(=O)C=Cc1ccc([N+](=O)[O-])cc1)C32. The van der Waals surface area contributed by atoms with Gasteiger partial charge in [0.2, 0.25) is 11.7 Å². The van der Waals surface area contributed by atoms with Gasteiger partial charge >= 0.3 is 6.09 Å². The van der Waals surface area contributed by atoms with Crippen molar-refractivity contribution in [1.29, 1.82) is 0 Å². The Balaban J connectivity index is 1.56. The largest absolute Gasteiger partial charge is 0.459 e. The lowest BCUT2D eigenvalue weighted by Crippen LogP contribution is -2.70. The average molecular weight is 975 g/mol. The van der Waals surface area contributed by atoms with Crippen molar-refractivity contribution in [3.8, 4) is 11.5 Å². The highest BCUT2D eigenvalue weighted by molar-refractivity contribution is 6.03. The van der Waals surface area contributed by atoms with E-state index in [0.717, 1.165) is 49.7 Å². The van der Waals surface area contributed by atoms with E-state index in [4.69, 9.17) is 23.8 Å². The molecular formula is C54H78N4O12. The molecule has 2 aromatic rings. The number of nitro groups is 1. The number of oxime groups is 1.